The van der Waals surface area contributed by atoms with Gasteiger partial charge >= 0.3 is 0 Å². The summed E-state index contributed by atoms with van der Waals surface area (Å²) in [7, 11) is 0. The molecule has 0 saturated heterocycles. The lowest BCUT2D eigenvalue weighted by atomic mass is 10.2. The average Bonchev–Trinajstić information content (AvgIpc) is 2.81. The van der Waals surface area contributed by atoms with Crippen molar-refractivity contribution in [3.63, 3.8) is 0 Å². The van der Waals surface area contributed by atoms with Crippen molar-refractivity contribution in [1.82, 2.24) is 5.32 Å². The van der Waals surface area contributed by atoms with Crippen LogP contribution in [0.2, 0.25) is 4.34 Å². The van der Waals surface area contributed by atoms with E-state index >= 15 is 0 Å². The van der Waals surface area contributed by atoms with Crippen LogP contribution < -0.4 is 5.32 Å². The lowest BCUT2D eigenvalue weighted by Gasteiger charge is -2.11. The van der Waals surface area contributed by atoms with Crippen molar-refractivity contribution in [3.8, 4) is 0 Å². The molecule has 2 aliphatic carbocycles. The van der Waals surface area contributed by atoms with Gasteiger partial charge in [0.15, 0.2) is 0 Å². The molecule has 0 aromatic carbocycles. The Hall–Kier alpha value is -0.0500. The molecule has 1 N–H and O–H groups in total. The lowest BCUT2D eigenvalue weighted by Crippen LogP contribution is -2.21. The van der Waals surface area contributed by atoms with Crippen LogP contribution in [0.15, 0.2) is 6.07 Å². The fourth-order valence-electron chi connectivity index (χ4n) is 2.17. The molecule has 1 saturated carbocycles. The molecule has 0 aliphatic heterocycles. The molecular weight excluding hydrogens is 214 g/mol. The number of hydrogen-bond acceptors (Lipinski definition) is 2. The minimum Gasteiger partial charge on any atom is -0.310 e. The van der Waals surface area contributed by atoms with Gasteiger partial charge in [-0.1, -0.05) is 11.6 Å². The van der Waals surface area contributed by atoms with Gasteiger partial charge in [-0.15, -0.1) is 11.3 Å². The van der Waals surface area contributed by atoms with Gasteiger partial charge in [-0.2, -0.15) is 0 Å². The van der Waals surface area contributed by atoms with Crippen molar-refractivity contribution in [2.45, 2.75) is 31.7 Å². The molecule has 1 aromatic rings. The van der Waals surface area contributed by atoms with E-state index in [1.807, 2.05) is 0 Å². The van der Waals surface area contributed by atoms with Crippen LogP contribution in [0.1, 0.15) is 35.7 Å². The number of rotatable bonds is 3. The second-order valence-corrected chi connectivity index (χ2v) is 6.14. The Morgan fingerprint density at radius 2 is 2.29 bits per heavy atom. The van der Waals surface area contributed by atoms with E-state index in [1.165, 1.54) is 42.7 Å². The second-order valence-electron chi connectivity index (χ2n) is 4.37. The quantitative estimate of drug-likeness (QED) is 0.835. The summed E-state index contributed by atoms with van der Waals surface area (Å²) >= 11 is 7.77. The van der Waals surface area contributed by atoms with Crippen LogP contribution in [-0.2, 0) is 6.42 Å². The molecule has 0 amide bonds. The van der Waals surface area contributed by atoms with Crippen molar-refractivity contribution in [2.24, 2.45) is 5.92 Å². The maximum Gasteiger partial charge on any atom is 0.0934 e. The highest BCUT2D eigenvalue weighted by molar-refractivity contribution is 7.16. The first-order valence-electron chi connectivity index (χ1n) is 5.34. The molecule has 76 valence electrons. The van der Waals surface area contributed by atoms with Crippen molar-refractivity contribution < 1.29 is 0 Å². The molecular formula is C11H14ClNS. The van der Waals surface area contributed by atoms with E-state index in [0.29, 0.717) is 6.04 Å². The number of halogens is 1. The van der Waals surface area contributed by atoms with Gasteiger partial charge in [0.1, 0.15) is 0 Å². The third kappa shape index (κ3) is 1.71. The zero-order valence-electron chi connectivity index (χ0n) is 8.05. The summed E-state index contributed by atoms with van der Waals surface area (Å²) in [5.41, 5.74) is 1.47. The van der Waals surface area contributed by atoms with Gasteiger partial charge in [-0.3, -0.25) is 0 Å². The Labute approximate surface area is 93.5 Å². The summed E-state index contributed by atoms with van der Waals surface area (Å²) in [6.45, 7) is 1.21. The van der Waals surface area contributed by atoms with Gasteiger partial charge in [0.2, 0.25) is 0 Å². The van der Waals surface area contributed by atoms with E-state index in [9.17, 15) is 0 Å². The van der Waals surface area contributed by atoms with Crippen LogP contribution in [0.3, 0.4) is 0 Å². The maximum atomic E-state index is 6.01. The molecule has 0 spiro atoms. The summed E-state index contributed by atoms with van der Waals surface area (Å²) < 4.78 is 0.952. The van der Waals surface area contributed by atoms with E-state index in [2.05, 4.69) is 11.4 Å². The highest BCUT2D eigenvalue weighted by Crippen LogP contribution is 2.39. The Morgan fingerprint density at radius 3 is 3.07 bits per heavy atom. The molecule has 1 nitrogen and oxygen atoms in total. The highest BCUT2D eigenvalue weighted by atomic mass is 35.5. The van der Waals surface area contributed by atoms with Gasteiger partial charge in [-0.25, -0.2) is 0 Å². The number of fused-ring (bicyclic) bond motifs is 1. The lowest BCUT2D eigenvalue weighted by molar-refractivity contribution is 0.512. The first-order valence-corrected chi connectivity index (χ1v) is 6.54. The van der Waals surface area contributed by atoms with Gasteiger partial charge in [0.05, 0.1) is 4.34 Å². The molecule has 1 fully saturated rings. The Balaban J connectivity index is 1.69. The van der Waals surface area contributed by atoms with Crippen molar-refractivity contribution in [1.29, 1.82) is 0 Å². The Kier molecular flexibility index (Phi) is 2.31. The highest BCUT2D eigenvalue weighted by Gasteiger charge is 2.27. The van der Waals surface area contributed by atoms with Gasteiger partial charge in [-0.05, 0) is 49.8 Å². The number of hydrogen-bond donors (Lipinski definition) is 1. The minimum absolute atomic E-state index is 0.592. The fourth-order valence-corrected chi connectivity index (χ4v) is 3.53. The van der Waals surface area contributed by atoms with Gasteiger partial charge in [0, 0.05) is 10.9 Å². The molecule has 1 unspecified atom stereocenters. The fraction of sp³-hybridized carbons (Fsp3) is 0.636. The smallest absolute Gasteiger partial charge is 0.0934 e. The Bertz CT molecular complexity index is 343. The number of aryl methyl sites for hydroxylation is 1. The number of thiophene rings is 1. The standard InChI is InChI=1S/C11H14ClNS/c12-11-5-8-9(3-4-10(8)14-11)13-6-7-1-2-7/h5,7,9,13H,1-4,6H2. The zero-order valence-corrected chi connectivity index (χ0v) is 9.63. The molecule has 1 heterocycles. The molecule has 3 rings (SSSR count). The van der Waals surface area contributed by atoms with Gasteiger partial charge in [0.25, 0.3) is 0 Å². The topological polar surface area (TPSA) is 12.0 Å². The normalized spacial score (nSPS) is 25.4. The third-order valence-electron chi connectivity index (χ3n) is 3.20. The summed E-state index contributed by atoms with van der Waals surface area (Å²) in [6.07, 6.45) is 5.34. The molecule has 0 radical (unpaired) electrons. The van der Waals surface area contributed by atoms with Crippen molar-refractivity contribution in [3.05, 3.63) is 20.8 Å². The second kappa shape index (κ2) is 3.51. The van der Waals surface area contributed by atoms with E-state index in [-0.39, 0.29) is 0 Å². The first-order chi connectivity index (χ1) is 6.83. The van der Waals surface area contributed by atoms with E-state index in [1.54, 1.807) is 11.3 Å². The molecule has 1 aromatic heterocycles. The van der Waals surface area contributed by atoms with Crippen LogP contribution in [0, 0.1) is 5.92 Å². The predicted octanol–water partition coefficient (Wildman–Crippen LogP) is 3.39. The molecule has 2 aliphatic rings. The molecule has 0 bridgehead atoms. The van der Waals surface area contributed by atoms with Crippen LogP contribution >= 0.6 is 22.9 Å². The monoisotopic (exact) mass is 227 g/mol. The third-order valence-corrected chi connectivity index (χ3v) is 4.54. The first kappa shape index (κ1) is 9.20. The van der Waals surface area contributed by atoms with Gasteiger partial charge < -0.3 is 5.32 Å². The van der Waals surface area contributed by atoms with E-state index in [0.717, 1.165) is 10.3 Å². The summed E-state index contributed by atoms with van der Waals surface area (Å²) in [6, 6.07) is 2.74. The maximum absolute atomic E-state index is 6.01. The zero-order chi connectivity index (χ0) is 9.54. The average molecular weight is 228 g/mol. The van der Waals surface area contributed by atoms with E-state index in [4.69, 9.17) is 11.6 Å². The predicted molar refractivity (Wildman–Crippen MR) is 61.1 cm³/mol. The van der Waals surface area contributed by atoms with Crippen LogP contribution in [0.4, 0.5) is 0 Å². The van der Waals surface area contributed by atoms with E-state index < -0.39 is 0 Å². The molecule has 3 heteroatoms. The summed E-state index contributed by atoms with van der Waals surface area (Å²) in [5, 5.41) is 3.66. The minimum atomic E-state index is 0.592. The van der Waals surface area contributed by atoms with Crippen molar-refractivity contribution >= 4 is 22.9 Å². The van der Waals surface area contributed by atoms with Crippen LogP contribution in [0.5, 0.6) is 0 Å². The summed E-state index contributed by atoms with van der Waals surface area (Å²) in [5.74, 6) is 0.966. The van der Waals surface area contributed by atoms with Crippen molar-refractivity contribution in [2.75, 3.05) is 6.54 Å². The Morgan fingerprint density at radius 1 is 1.43 bits per heavy atom. The SMILES string of the molecule is Clc1cc2c(s1)CCC2NCC1CC1. The summed E-state index contributed by atoms with van der Waals surface area (Å²) in [4.78, 5) is 1.50. The van der Waals surface area contributed by atoms with Crippen LogP contribution in [-0.4, -0.2) is 6.54 Å². The number of nitrogens with one attached hydrogen (secondary N) is 1. The van der Waals surface area contributed by atoms with Crippen LogP contribution in [0.25, 0.3) is 0 Å². The molecule has 1 atom stereocenters. The molecule has 14 heavy (non-hydrogen) atoms. The largest absolute Gasteiger partial charge is 0.310 e.